The van der Waals surface area contributed by atoms with E-state index < -0.39 is 0 Å². The number of nitrogens with one attached hydrogen (secondary N) is 1. The highest BCUT2D eigenvalue weighted by Gasteiger charge is 2.24. The summed E-state index contributed by atoms with van der Waals surface area (Å²) in [4.78, 5) is 16.0. The van der Waals surface area contributed by atoms with Gasteiger partial charge in [-0.3, -0.25) is 4.79 Å². The molecule has 5 nitrogen and oxygen atoms in total. The Morgan fingerprint density at radius 2 is 1.83 bits per heavy atom. The maximum Gasteiger partial charge on any atom is 0.289 e. The predicted molar refractivity (Wildman–Crippen MR) is 98.9 cm³/mol. The minimum Gasteiger partial charge on any atom is -0.459 e. The zero-order chi connectivity index (χ0) is 17.1. The van der Waals surface area contributed by atoms with Gasteiger partial charge in [-0.15, -0.1) is 0 Å². The summed E-state index contributed by atoms with van der Waals surface area (Å²) in [6.45, 7) is 2.42. The monoisotopic (exact) mass is 383 g/mol. The molecule has 0 spiro atoms. The molecule has 0 atom stereocenters. The van der Waals surface area contributed by atoms with Crippen LogP contribution in [0.5, 0.6) is 0 Å². The van der Waals surface area contributed by atoms with Gasteiger partial charge in [-0.05, 0) is 42.5 Å². The average molecular weight is 384 g/mol. The Bertz CT molecular complexity index is 744. The smallest absolute Gasteiger partial charge is 0.289 e. The van der Waals surface area contributed by atoms with Crippen LogP contribution in [0.25, 0.3) is 0 Å². The zero-order valence-corrected chi connectivity index (χ0v) is 15.0. The van der Waals surface area contributed by atoms with Crippen molar-refractivity contribution in [1.29, 1.82) is 0 Å². The van der Waals surface area contributed by atoms with Gasteiger partial charge in [0, 0.05) is 31.2 Å². The number of anilines is 1. The van der Waals surface area contributed by atoms with E-state index in [-0.39, 0.29) is 5.91 Å². The van der Waals surface area contributed by atoms with Crippen molar-refractivity contribution in [3.8, 4) is 0 Å². The molecule has 1 saturated heterocycles. The Morgan fingerprint density at radius 3 is 2.50 bits per heavy atom. The SMILES string of the molecule is O=C(c1ccco1)N1CCN(C(=S)Nc2cc(Cl)ccc2Cl)CC1. The predicted octanol–water partition coefficient (Wildman–Crippen LogP) is 3.74. The number of carbonyl (C=O) groups is 1. The van der Waals surface area contributed by atoms with E-state index in [2.05, 4.69) is 5.32 Å². The van der Waals surface area contributed by atoms with Crippen LogP contribution in [0.15, 0.2) is 41.0 Å². The molecule has 0 bridgehead atoms. The zero-order valence-electron chi connectivity index (χ0n) is 12.7. The Labute approximate surface area is 155 Å². The second-order valence-electron chi connectivity index (χ2n) is 5.31. The highest BCUT2D eigenvalue weighted by atomic mass is 35.5. The van der Waals surface area contributed by atoms with Gasteiger partial charge in [-0.2, -0.15) is 0 Å². The molecule has 24 heavy (non-hydrogen) atoms. The molecule has 1 aromatic carbocycles. The van der Waals surface area contributed by atoms with E-state index in [1.807, 2.05) is 4.90 Å². The third kappa shape index (κ3) is 3.83. The number of hydrogen-bond donors (Lipinski definition) is 1. The topological polar surface area (TPSA) is 48.7 Å². The molecule has 1 aromatic heterocycles. The fraction of sp³-hybridized carbons (Fsp3) is 0.250. The summed E-state index contributed by atoms with van der Waals surface area (Å²) < 4.78 is 5.16. The number of nitrogens with zero attached hydrogens (tertiary/aromatic N) is 2. The first-order valence-electron chi connectivity index (χ1n) is 7.38. The molecule has 126 valence electrons. The summed E-state index contributed by atoms with van der Waals surface area (Å²) >= 11 is 17.6. The summed E-state index contributed by atoms with van der Waals surface area (Å²) in [6, 6.07) is 8.54. The van der Waals surface area contributed by atoms with Crippen LogP contribution in [-0.2, 0) is 0 Å². The molecule has 0 radical (unpaired) electrons. The number of benzene rings is 1. The summed E-state index contributed by atoms with van der Waals surface area (Å²) in [6.07, 6.45) is 1.50. The molecule has 3 rings (SSSR count). The second kappa shape index (κ2) is 7.42. The summed E-state index contributed by atoms with van der Waals surface area (Å²) in [5, 5.41) is 4.80. The Morgan fingerprint density at radius 1 is 1.12 bits per heavy atom. The van der Waals surface area contributed by atoms with Crippen molar-refractivity contribution in [3.05, 3.63) is 52.4 Å². The lowest BCUT2D eigenvalue weighted by Gasteiger charge is -2.35. The van der Waals surface area contributed by atoms with Crippen molar-refractivity contribution >= 4 is 52.1 Å². The van der Waals surface area contributed by atoms with Gasteiger partial charge in [0.2, 0.25) is 0 Å². The van der Waals surface area contributed by atoms with Crippen molar-refractivity contribution in [2.45, 2.75) is 0 Å². The lowest BCUT2D eigenvalue weighted by atomic mass is 10.3. The molecule has 0 saturated carbocycles. The molecule has 1 amide bonds. The number of rotatable bonds is 2. The minimum absolute atomic E-state index is 0.101. The largest absolute Gasteiger partial charge is 0.459 e. The molecule has 2 heterocycles. The van der Waals surface area contributed by atoms with E-state index in [4.69, 9.17) is 39.8 Å². The van der Waals surface area contributed by atoms with Gasteiger partial charge >= 0.3 is 0 Å². The molecular weight excluding hydrogens is 369 g/mol. The maximum atomic E-state index is 12.2. The molecule has 8 heteroatoms. The number of furan rings is 1. The van der Waals surface area contributed by atoms with E-state index in [9.17, 15) is 4.79 Å². The quantitative estimate of drug-likeness (QED) is 0.800. The van der Waals surface area contributed by atoms with E-state index in [1.165, 1.54) is 6.26 Å². The third-order valence-electron chi connectivity index (χ3n) is 3.76. The van der Waals surface area contributed by atoms with Crippen LogP contribution >= 0.6 is 35.4 Å². The van der Waals surface area contributed by atoms with E-state index in [0.29, 0.717) is 52.8 Å². The van der Waals surface area contributed by atoms with Gasteiger partial charge in [0.05, 0.1) is 17.0 Å². The van der Waals surface area contributed by atoms with Crippen LogP contribution in [0, 0.1) is 0 Å². The molecule has 2 aromatic rings. The molecule has 0 unspecified atom stereocenters. The standard InChI is InChI=1S/C16H15Cl2N3O2S/c17-11-3-4-12(18)13(10-11)19-16(24)21-7-5-20(6-8-21)15(22)14-2-1-9-23-14/h1-4,9-10H,5-8H2,(H,19,24). The lowest BCUT2D eigenvalue weighted by Crippen LogP contribution is -2.51. The Kier molecular flexibility index (Phi) is 5.28. The maximum absolute atomic E-state index is 12.2. The number of amides is 1. The lowest BCUT2D eigenvalue weighted by molar-refractivity contribution is 0.0661. The van der Waals surface area contributed by atoms with Crippen LogP contribution in [0.4, 0.5) is 5.69 Å². The second-order valence-corrected chi connectivity index (χ2v) is 6.54. The summed E-state index contributed by atoms with van der Waals surface area (Å²) in [5.41, 5.74) is 0.670. The summed E-state index contributed by atoms with van der Waals surface area (Å²) in [5.74, 6) is 0.256. The first kappa shape index (κ1) is 17.1. The van der Waals surface area contributed by atoms with E-state index >= 15 is 0 Å². The number of halogens is 2. The molecule has 1 N–H and O–H groups in total. The fourth-order valence-electron chi connectivity index (χ4n) is 2.46. The molecule has 1 aliphatic heterocycles. The third-order valence-corrected chi connectivity index (χ3v) is 4.68. The first-order valence-corrected chi connectivity index (χ1v) is 8.55. The molecule has 1 aliphatic rings. The molecular formula is C16H15Cl2N3O2S. The minimum atomic E-state index is -0.101. The van der Waals surface area contributed by atoms with Gasteiger partial charge in [0.1, 0.15) is 0 Å². The van der Waals surface area contributed by atoms with Gasteiger partial charge in [0.15, 0.2) is 10.9 Å². The van der Waals surface area contributed by atoms with Crippen molar-refractivity contribution in [2.75, 3.05) is 31.5 Å². The van der Waals surface area contributed by atoms with Gasteiger partial charge in [-0.1, -0.05) is 23.2 Å². The van der Waals surface area contributed by atoms with Crippen molar-refractivity contribution in [3.63, 3.8) is 0 Å². The molecule has 0 aliphatic carbocycles. The van der Waals surface area contributed by atoms with Crippen LogP contribution in [0.2, 0.25) is 10.0 Å². The average Bonchev–Trinajstić information content (AvgIpc) is 3.12. The fourth-order valence-corrected chi connectivity index (χ4v) is 3.09. The number of hydrogen-bond acceptors (Lipinski definition) is 3. The van der Waals surface area contributed by atoms with Crippen LogP contribution in [-0.4, -0.2) is 47.0 Å². The first-order chi connectivity index (χ1) is 11.5. The molecule has 1 fully saturated rings. The Balaban J connectivity index is 1.57. The highest BCUT2D eigenvalue weighted by molar-refractivity contribution is 7.80. The van der Waals surface area contributed by atoms with Crippen molar-refractivity contribution < 1.29 is 9.21 Å². The van der Waals surface area contributed by atoms with Crippen LogP contribution in [0.3, 0.4) is 0 Å². The van der Waals surface area contributed by atoms with Gasteiger partial charge in [-0.25, -0.2) is 0 Å². The van der Waals surface area contributed by atoms with Crippen LogP contribution < -0.4 is 5.32 Å². The van der Waals surface area contributed by atoms with Gasteiger partial charge in [0.25, 0.3) is 5.91 Å². The van der Waals surface area contributed by atoms with Crippen LogP contribution in [0.1, 0.15) is 10.6 Å². The highest BCUT2D eigenvalue weighted by Crippen LogP contribution is 2.25. The van der Waals surface area contributed by atoms with E-state index in [1.54, 1.807) is 35.2 Å². The van der Waals surface area contributed by atoms with Crippen molar-refractivity contribution in [1.82, 2.24) is 9.80 Å². The summed E-state index contributed by atoms with van der Waals surface area (Å²) in [7, 11) is 0. The normalized spacial score (nSPS) is 14.6. The van der Waals surface area contributed by atoms with Gasteiger partial charge < -0.3 is 19.5 Å². The number of carbonyl (C=O) groups excluding carboxylic acids is 1. The Hall–Kier alpha value is -1.76. The number of thiocarbonyl (C=S) groups is 1. The van der Waals surface area contributed by atoms with Crippen molar-refractivity contribution in [2.24, 2.45) is 0 Å². The van der Waals surface area contributed by atoms with E-state index in [0.717, 1.165) is 0 Å². The number of piperazine rings is 1.